The monoisotopic (exact) mass is 435 g/mol. The summed E-state index contributed by atoms with van der Waals surface area (Å²) in [5.74, 6) is 0.457. The van der Waals surface area contributed by atoms with Crippen molar-refractivity contribution in [2.75, 3.05) is 13.7 Å². The van der Waals surface area contributed by atoms with Crippen LogP contribution in [-0.4, -0.2) is 35.4 Å². The highest BCUT2D eigenvalue weighted by Gasteiger charge is 2.26. The highest BCUT2D eigenvalue weighted by Crippen LogP contribution is 2.27. The van der Waals surface area contributed by atoms with E-state index in [1.54, 1.807) is 19.2 Å². The number of fused-ring (bicyclic) bond motifs is 1. The van der Waals surface area contributed by atoms with Crippen molar-refractivity contribution in [2.45, 2.75) is 33.4 Å². The van der Waals surface area contributed by atoms with Crippen LogP contribution >= 0.6 is 11.3 Å². The molecule has 7 heteroatoms. The zero-order valence-electron chi connectivity index (χ0n) is 17.9. The van der Waals surface area contributed by atoms with E-state index in [0.717, 1.165) is 28.1 Å². The van der Waals surface area contributed by atoms with Crippen LogP contribution in [0, 0.1) is 13.8 Å². The van der Waals surface area contributed by atoms with Gasteiger partial charge in [-0.05, 0) is 61.2 Å². The Morgan fingerprint density at radius 1 is 1.19 bits per heavy atom. The number of carbonyl (C=O) groups is 2. The number of hydrogen-bond acceptors (Lipinski definition) is 5. The summed E-state index contributed by atoms with van der Waals surface area (Å²) in [6.07, 6.45) is 2.57. The van der Waals surface area contributed by atoms with E-state index in [9.17, 15) is 9.59 Å². The van der Waals surface area contributed by atoms with Crippen molar-refractivity contribution in [3.05, 3.63) is 80.3 Å². The smallest absolute Gasteiger partial charge is 0.261 e. The molecule has 3 heterocycles. The first-order chi connectivity index (χ1) is 15.0. The van der Waals surface area contributed by atoms with Gasteiger partial charge in [-0.2, -0.15) is 0 Å². The number of pyridine rings is 1. The first-order valence-corrected chi connectivity index (χ1v) is 11.0. The largest absolute Gasteiger partial charge is 0.496 e. The molecule has 3 aromatic rings. The topological polar surface area (TPSA) is 71.5 Å². The number of para-hydroxylation sites is 1. The van der Waals surface area contributed by atoms with Gasteiger partial charge < -0.3 is 15.0 Å². The Morgan fingerprint density at radius 3 is 2.74 bits per heavy atom. The molecule has 1 aromatic carbocycles. The van der Waals surface area contributed by atoms with Crippen LogP contribution in [0.1, 0.15) is 47.3 Å². The summed E-state index contributed by atoms with van der Waals surface area (Å²) in [5.41, 5.74) is 4.72. The third kappa shape index (κ3) is 4.32. The molecule has 1 aliphatic heterocycles. The molecular formula is C24H25N3O3S. The van der Waals surface area contributed by atoms with E-state index in [0.29, 0.717) is 35.8 Å². The van der Waals surface area contributed by atoms with Crippen molar-refractivity contribution in [3.63, 3.8) is 0 Å². The van der Waals surface area contributed by atoms with Crippen LogP contribution in [0.15, 0.2) is 42.6 Å². The SMILES string of the molecule is COc1ccccc1C(=O)N1CCc2c(cnc(C)c2CNC(=O)c2ccc(C)s2)C1. The Balaban J connectivity index is 1.52. The summed E-state index contributed by atoms with van der Waals surface area (Å²) in [4.78, 5) is 33.8. The number of benzene rings is 1. The number of ether oxygens (including phenoxy) is 1. The van der Waals surface area contributed by atoms with Gasteiger partial charge in [0.05, 0.1) is 17.6 Å². The number of aryl methyl sites for hydroxylation is 2. The zero-order chi connectivity index (χ0) is 22.0. The molecule has 1 N–H and O–H groups in total. The van der Waals surface area contributed by atoms with E-state index in [1.807, 2.05) is 49.2 Å². The standard InChI is InChI=1S/C24H25N3O3S/c1-15-8-9-22(31-15)23(28)26-13-20-16(2)25-12-17-14-27(11-10-18(17)20)24(29)19-6-4-5-7-21(19)30-3/h4-9,12H,10-11,13-14H2,1-3H3,(H,26,28). The van der Waals surface area contributed by atoms with Crippen molar-refractivity contribution in [1.29, 1.82) is 0 Å². The quantitative estimate of drug-likeness (QED) is 0.660. The maximum Gasteiger partial charge on any atom is 0.261 e. The molecule has 2 aromatic heterocycles. The van der Waals surface area contributed by atoms with Crippen molar-refractivity contribution in [1.82, 2.24) is 15.2 Å². The molecular weight excluding hydrogens is 410 g/mol. The van der Waals surface area contributed by atoms with Crippen LogP contribution in [-0.2, 0) is 19.5 Å². The van der Waals surface area contributed by atoms with E-state index in [1.165, 1.54) is 16.9 Å². The number of rotatable bonds is 5. The molecule has 1 aliphatic rings. The number of nitrogens with zero attached hydrogens (tertiary/aromatic N) is 2. The van der Waals surface area contributed by atoms with Gasteiger partial charge in [-0.1, -0.05) is 12.1 Å². The average Bonchev–Trinajstić information content (AvgIpc) is 3.23. The predicted molar refractivity (Wildman–Crippen MR) is 121 cm³/mol. The Morgan fingerprint density at radius 2 is 2.00 bits per heavy atom. The van der Waals surface area contributed by atoms with Gasteiger partial charge in [0.2, 0.25) is 0 Å². The van der Waals surface area contributed by atoms with Crippen molar-refractivity contribution >= 4 is 23.2 Å². The Hall–Kier alpha value is -3.19. The number of hydrogen-bond donors (Lipinski definition) is 1. The second kappa shape index (κ2) is 8.89. The summed E-state index contributed by atoms with van der Waals surface area (Å²) >= 11 is 1.49. The first-order valence-electron chi connectivity index (χ1n) is 10.2. The van der Waals surface area contributed by atoms with Crippen LogP contribution in [0.4, 0.5) is 0 Å². The average molecular weight is 436 g/mol. The molecule has 0 spiro atoms. The lowest BCUT2D eigenvalue weighted by Gasteiger charge is -2.31. The van der Waals surface area contributed by atoms with E-state index in [2.05, 4.69) is 10.3 Å². The minimum atomic E-state index is -0.0705. The molecule has 4 rings (SSSR count). The number of carbonyl (C=O) groups excluding carboxylic acids is 2. The maximum atomic E-state index is 13.1. The van der Waals surface area contributed by atoms with Gasteiger partial charge in [-0.15, -0.1) is 11.3 Å². The van der Waals surface area contributed by atoms with E-state index in [-0.39, 0.29) is 11.8 Å². The predicted octanol–water partition coefficient (Wildman–Crippen LogP) is 3.90. The van der Waals surface area contributed by atoms with Crippen LogP contribution < -0.4 is 10.1 Å². The Labute approximate surface area is 185 Å². The Kier molecular flexibility index (Phi) is 6.04. The molecule has 0 radical (unpaired) electrons. The minimum Gasteiger partial charge on any atom is -0.496 e. The van der Waals surface area contributed by atoms with Gasteiger partial charge in [0.15, 0.2) is 0 Å². The fourth-order valence-corrected chi connectivity index (χ4v) is 4.72. The minimum absolute atomic E-state index is 0.0495. The molecule has 0 fully saturated rings. The van der Waals surface area contributed by atoms with Gasteiger partial charge in [0.25, 0.3) is 11.8 Å². The summed E-state index contributed by atoms with van der Waals surface area (Å²) in [6, 6.07) is 11.1. The highest BCUT2D eigenvalue weighted by molar-refractivity contribution is 7.13. The van der Waals surface area contributed by atoms with Crippen molar-refractivity contribution < 1.29 is 14.3 Å². The molecule has 2 amide bonds. The first kappa shape index (κ1) is 21.1. The summed E-state index contributed by atoms with van der Waals surface area (Å²) < 4.78 is 5.35. The summed E-state index contributed by atoms with van der Waals surface area (Å²) in [6.45, 7) is 5.48. The van der Waals surface area contributed by atoms with Gasteiger partial charge in [0.1, 0.15) is 5.75 Å². The van der Waals surface area contributed by atoms with E-state index in [4.69, 9.17) is 4.74 Å². The van der Waals surface area contributed by atoms with Crippen LogP contribution in [0.2, 0.25) is 0 Å². The fourth-order valence-electron chi connectivity index (χ4n) is 3.93. The molecule has 0 bridgehead atoms. The molecule has 0 saturated heterocycles. The number of nitrogens with one attached hydrogen (secondary N) is 1. The number of thiophene rings is 1. The number of amides is 2. The molecule has 0 aliphatic carbocycles. The molecule has 160 valence electrons. The van der Waals surface area contributed by atoms with Crippen molar-refractivity contribution in [2.24, 2.45) is 0 Å². The Bertz CT molecular complexity index is 1140. The summed E-state index contributed by atoms with van der Waals surface area (Å²) in [5, 5.41) is 3.03. The van der Waals surface area contributed by atoms with Gasteiger partial charge in [-0.3, -0.25) is 14.6 Å². The molecule has 6 nitrogen and oxygen atoms in total. The van der Waals surface area contributed by atoms with Gasteiger partial charge in [0, 0.05) is 36.4 Å². The van der Waals surface area contributed by atoms with Crippen molar-refractivity contribution in [3.8, 4) is 5.75 Å². The highest BCUT2D eigenvalue weighted by atomic mass is 32.1. The summed E-state index contributed by atoms with van der Waals surface area (Å²) in [7, 11) is 1.57. The van der Waals surface area contributed by atoms with Crippen LogP contribution in [0.25, 0.3) is 0 Å². The van der Waals surface area contributed by atoms with E-state index < -0.39 is 0 Å². The maximum absolute atomic E-state index is 13.1. The lowest BCUT2D eigenvalue weighted by Crippen LogP contribution is -2.37. The zero-order valence-corrected chi connectivity index (χ0v) is 18.7. The number of aromatic nitrogens is 1. The van der Waals surface area contributed by atoms with Gasteiger partial charge in [-0.25, -0.2) is 0 Å². The fraction of sp³-hybridized carbons (Fsp3) is 0.292. The molecule has 0 atom stereocenters. The second-order valence-corrected chi connectivity index (χ2v) is 8.88. The third-order valence-electron chi connectivity index (χ3n) is 5.61. The lowest BCUT2D eigenvalue weighted by molar-refractivity contribution is 0.0730. The second-order valence-electron chi connectivity index (χ2n) is 7.60. The number of methoxy groups -OCH3 is 1. The van der Waals surface area contributed by atoms with Crippen LogP contribution in [0.5, 0.6) is 5.75 Å². The van der Waals surface area contributed by atoms with Gasteiger partial charge >= 0.3 is 0 Å². The van der Waals surface area contributed by atoms with E-state index >= 15 is 0 Å². The molecule has 0 saturated carbocycles. The third-order valence-corrected chi connectivity index (χ3v) is 6.61. The lowest BCUT2D eigenvalue weighted by atomic mass is 9.94. The van der Waals surface area contributed by atoms with Crippen LogP contribution in [0.3, 0.4) is 0 Å². The molecule has 31 heavy (non-hydrogen) atoms. The molecule has 0 unspecified atom stereocenters. The normalized spacial score (nSPS) is 12.9.